The van der Waals surface area contributed by atoms with Crippen LogP contribution in [0.25, 0.3) is 0 Å². The third-order valence-corrected chi connectivity index (χ3v) is 2.92. The maximum atomic E-state index is 10.8. The van der Waals surface area contributed by atoms with Crippen molar-refractivity contribution >= 4 is 14.4 Å². The molecule has 0 saturated carbocycles. The second-order valence-corrected chi connectivity index (χ2v) is 9.67. The minimum atomic E-state index is -1.46. The van der Waals surface area contributed by atoms with E-state index < -0.39 is 8.07 Å². The van der Waals surface area contributed by atoms with Gasteiger partial charge in [-0.25, -0.2) is 0 Å². The molecule has 4 heteroatoms. The van der Waals surface area contributed by atoms with E-state index in [4.69, 9.17) is 9.47 Å². The van der Waals surface area contributed by atoms with Crippen molar-refractivity contribution < 1.29 is 14.3 Å². The van der Waals surface area contributed by atoms with Crippen LogP contribution in [0.5, 0.6) is 5.75 Å². The molecule has 3 nitrogen and oxygen atoms in total. The molecule has 0 spiro atoms. The van der Waals surface area contributed by atoms with Crippen LogP contribution in [0.3, 0.4) is 0 Å². The summed E-state index contributed by atoms with van der Waals surface area (Å²) in [6, 6.07) is 5.19. The topological polar surface area (TPSA) is 35.5 Å². The fourth-order valence-corrected chi connectivity index (χ4v) is 1.73. The summed E-state index contributed by atoms with van der Waals surface area (Å²) in [4.78, 5) is 10.8. The van der Waals surface area contributed by atoms with Crippen LogP contribution in [-0.4, -0.2) is 28.3 Å². The van der Waals surface area contributed by atoms with Gasteiger partial charge in [0.1, 0.15) is 20.1 Å². The molecule has 0 saturated heterocycles. The number of aldehydes is 1. The Kier molecular flexibility index (Phi) is 5.14. The second-order valence-electron chi connectivity index (χ2n) is 4.92. The number of carbonyl (C=O) groups excluding carboxylic acids is 1. The van der Waals surface area contributed by atoms with Crippen molar-refractivity contribution in [2.45, 2.75) is 19.6 Å². The highest BCUT2D eigenvalue weighted by atomic mass is 28.3. The fourth-order valence-electron chi connectivity index (χ4n) is 1.22. The number of hydrogen-bond donors (Lipinski definition) is 0. The zero-order chi connectivity index (χ0) is 13.6. The fraction of sp³-hybridized carbons (Fsp3) is 0.357. The summed E-state index contributed by atoms with van der Waals surface area (Å²) >= 11 is 0. The van der Waals surface area contributed by atoms with Crippen molar-refractivity contribution in [3.63, 3.8) is 0 Å². The van der Waals surface area contributed by atoms with Gasteiger partial charge in [-0.3, -0.25) is 4.79 Å². The highest BCUT2D eigenvalue weighted by Crippen LogP contribution is 2.19. The second kappa shape index (κ2) is 6.38. The Morgan fingerprint density at radius 3 is 2.61 bits per heavy atom. The molecule has 1 aromatic rings. The normalized spacial score (nSPS) is 10.4. The minimum absolute atomic E-state index is 0.169. The summed E-state index contributed by atoms with van der Waals surface area (Å²) in [7, 11) is 0.105. The first-order valence-electron chi connectivity index (χ1n) is 5.70. The maximum absolute atomic E-state index is 10.8. The molecule has 0 aromatic heterocycles. The SMILES string of the molecule is COCOc1ccc(C=O)cc1C#C[Si](C)(C)C. The highest BCUT2D eigenvalue weighted by Gasteiger charge is 2.09. The van der Waals surface area contributed by atoms with Crippen LogP contribution in [0.15, 0.2) is 18.2 Å². The third-order valence-electron chi connectivity index (χ3n) is 2.04. The predicted molar refractivity (Wildman–Crippen MR) is 74.6 cm³/mol. The van der Waals surface area contributed by atoms with Crippen molar-refractivity contribution in [2.24, 2.45) is 0 Å². The Morgan fingerprint density at radius 1 is 1.33 bits per heavy atom. The standard InChI is InChI=1S/C14H18O3Si/c1-16-11-17-14-6-5-12(10-15)9-13(14)7-8-18(2,3)4/h5-6,9-10H,11H2,1-4H3. The molecule has 96 valence electrons. The van der Waals surface area contributed by atoms with E-state index >= 15 is 0 Å². The molecule has 0 radical (unpaired) electrons. The lowest BCUT2D eigenvalue weighted by atomic mass is 10.1. The number of ether oxygens (including phenoxy) is 2. The Bertz CT molecular complexity index is 478. The van der Waals surface area contributed by atoms with Crippen molar-refractivity contribution in [3.8, 4) is 17.2 Å². The van der Waals surface area contributed by atoms with Crippen LogP contribution >= 0.6 is 0 Å². The van der Waals surface area contributed by atoms with Gasteiger partial charge in [0, 0.05) is 12.7 Å². The molecule has 1 rings (SSSR count). The molecule has 0 unspecified atom stereocenters. The summed E-state index contributed by atoms with van der Waals surface area (Å²) in [5.41, 5.74) is 4.59. The minimum Gasteiger partial charge on any atom is -0.466 e. The number of benzene rings is 1. The first-order chi connectivity index (χ1) is 8.46. The molecule has 18 heavy (non-hydrogen) atoms. The van der Waals surface area contributed by atoms with Gasteiger partial charge in [0.2, 0.25) is 0 Å². The van der Waals surface area contributed by atoms with Crippen molar-refractivity contribution in [3.05, 3.63) is 29.3 Å². The lowest BCUT2D eigenvalue weighted by Crippen LogP contribution is -2.16. The number of rotatable bonds is 4. The molecule has 0 fully saturated rings. The molecule has 0 aliphatic rings. The highest BCUT2D eigenvalue weighted by molar-refractivity contribution is 6.83. The van der Waals surface area contributed by atoms with Gasteiger partial charge in [0.25, 0.3) is 0 Å². The molecule has 1 aromatic carbocycles. The van der Waals surface area contributed by atoms with E-state index in [0.29, 0.717) is 11.3 Å². The van der Waals surface area contributed by atoms with Crippen LogP contribution in [0.1, 0.15) is 15.9 Å². The van der Waals surface area contributed by atoms with E-state index in [2.05, 4.69) is 31.1 Å². The lowest BCUT2D eigenvalue weighted by Gasteiger charge is -2.08. The molecule has 0 heterocycles. The Balaban J connectivity index is 3.10. The third kappa shape index (κ3) is 4.74. The molecule has 0 N–H and O–H groups in total. The van der Waals surface area contributed by atoms with Crippen LogP contribution in [0.2, 0.25) is 19.6 Å². The summed E-state index contributed by atoms with van der Waals surface area (Å²) in [5, 5.41) is 0. The number of hydrogen-bond acceptors (Lipinski definition) is 3. The molecule has 0 aliphatic carbocycles. The predicted octanol–water partition coefficient (Wildman–Crippen LogP) is 2.71. The quantitative estimate of drug-likeness (QED) is 0.362. The van der Waals surface area contributed by atoms with E-state index in [-0.39, 0.29) is 6.79 Å². The number of carbonyl (C=O) groups is 1. The van der Waals surface area contributed by atoms with Crippen LogP contribution in [0, 0.1) is 11.5 Å². The van der Waals surface area contributed by atoms with Gasteiger partial charge in [-0.1, -0.05) is 25.6 Å². The zero-order valence-electron chi connectivity index (χ0n) is 11.2. The molecule has 0 bridgehead atoms. The van der Waals surface area contributed by atoms with E-state index in [0.717, 1.165) is 11.8 Å². The van der Waals surface area contributed by atoms with E-state index in [1.165, 1.54) is 0 Å². The van der Waals surface area contributed by atoms with E-state index in [1.54, 1.807) is 25.3 Å². The molecule has 0 amide bonds. The van der Waals surface area contributed by atoms with Gasteiger partial charge in [-0.05, 0) is 18.2 Å². The number of methoxy groups -OCH3 is 1. The van der Waals surface area contributed by atoms with Gasteiger partial charge in [-0.2, -0.15) is 0 Å². The van der Waals surface area contributed by atoms with Gasteiger partial charge >= 0.3 is 0 Å². The summed E-state index contributed by atoms with van der Waals surface area (Å²) in [6.45, 7) is 6.67. The Labute approximate surface area is 109 Å². The van der Waals surface area contributed by atoms with Crippen molar-refractivity contribution in [2.75, 3.05) is 13.9 Å². The molecular weight excluding hydrogens is 244 g/mol. The smallest absolute Gasteiger partial charge is 0.188 e. The zero-order valence-corrected chi connectivity index (χ0v) is 12.2. The van der Waals surface area contributed by atoms with Crippen LogP contribution in [0.4, 0.5) is 0 Å². The Hall–Kier alpha value is -1.57. The van der Waals surface area contributed by atoms with Gasteiger partial charge < -0.3 is 9.47 Å². The summed E-state index contributed by atoms with van der Waals surface area (Å²) < 4.78 is 10.3. The van der Waals surface area contributed by atoms with Gasteiger partial charge in [0.05, 0.1) is 5.56 Å². The maximum Gasteiger partial charge on any atom is 0.188 e. The van der Waals surface area contributed by atoms with E-state index in [9.17, 15) is 4.79 Å². The van der Waals surface area contributed by atoms with Gasteiger partial charge in [0.15, 0.2) is 6.79 Å². The molecule has 0 atom stereocenters. The lowest BCUT2D eigenvalue weighted by molar-refractivity contribution is 0.0509. The van der Waals surface area contributed by atoms with Crippen LogP contribution < -0.4 is 4.74 Å². The average molecular weight is 262 g/mol. The monoisotopic (exact) mass is 262 g/mol. The average Bonchev–Trinajstić information content (AvgIpc) is 2.33. The van der Waals surface area contributed by atoms with E-state index in [1.807, 2.05) is 0 Å². The van der Waals surface area contributed by atoms with Crippen molar-refractivity contribution in [1.29, 1.82) is 0 Å². The summed E-state index contributed by atoms with van der Waals surface area (Å²) in [5.74, 6) is 3.76. The van der Waals surface area contributed by atoms with Gasteiger partial charge in [-0.15, -0.1) is 5.54 Å². The first kappa shape index (κ1) is 14.5. The molecular formula is C14H18O3Si. The van der Waals surface area contributed by atoms with Crippen LogP contribution in [-0.2, 0) is 4.74 Å². The molecule has 0 aliphatic heterocycles. The largest absolute Gasteiger partial charge is 0.466 e. The summed E-state index contributed by atoms with van der Waals surface area (Å²) in [6.07, 6.45) is 0.805. The Morgan fingerprint density at radius 2 is 2.06 bits per heavy atom. The first-order valence-corrected chi connectivity index (χ1v) is 9.20. The van der Waals surface area contributed by atoms with Crippen molar-refractivity contribution in [1.82, 2.24) is 0 Å².